The molecular weight excluding hydrogens is 512 g/mol. The zero-order chi connectivity index (χ0) is 28.9. The van der Waals surface area contributed by atoms with E-state index in [1.807, 2.05) is 32.9 Å². The molecule has 0 saturated carbocycles. The maximum atomic E-state index is 13.4. The second-order valence-electron chi connectivity index (χ2n) is 11.3. The second-order valence-corrected chi connectivity index (χ2v) is 11.3. The van der Waals surface area contributed by atoms with E-state index in [1.165, 1.54) is 0 Å². The average molecular weight is 551 g/mol. The van der Waals surface area contributed by atoms with Gasteiger partial charge < -0.3 is 15.4 Å². The van der Waals surface area contributed by atoms with Gasteiger partial charge in [0.2, 0.25) is 11.8 Å². The molecular formula is C30H38N4O6. The Kier molecular flexibility index (Phi) is 9.07. The van der Waals surface area contributed by atoms with Crippen molar-refractivity contribution >= 4 is 46.2 Å². The number of hydrogen-bond donors (Lipinski definition) is 3. The van der Waals surface area contributed by atoms with Gasteiger partial charge in [0.05, 0.1) is 0 Å². The van der Waals surface area contributed by atoms with E-state index >= 15 is 0 Å². The van der Waals surface area contributed by atoms with E-state index in [4.69, 9.17) is 4.74 Å². The van der Waals surface area contributed by atoms with Crippen LogP contribution in [0.4, 0.5) is 10.5 Å². The predicted molar refractivity (Wildman–Crippen MR) is 151 cm³/mol. The Hall–Kier alpha value is -3.95. The molecule has 40 heavy (non-hydrogen) atoms. The van der Waals surface area contributed by atoms with Gasteiger partial charge in [-0.15, -0.1) is 0 Å². The van der Waals surface area contributed by atoms with Crippen LogP contribution in [0, 0.1) is 0 Å². The first-order valence-electron chi connectivity index (χ1n) is 14.0. The van der Waals surface area contributed by atoms with E-state index in [0.717, 1.165) is 61.0 Å². The number of imide groups is 2. The van der Waals surface area contributed by atoms with Crippen molar-refractivity contribution in [2.24, 2.45) is 0 Å². The van der Waals surface area contributed by atoms with Crippen LogP contribution in [0.3, 0.4) is 0 Å². The maximum Gasteiger partial charge on any atom is 0.407 e. The summed E-state index contributed by atoms with van der Waals surface area (Å²) < 4.78 is 5.23. The van der Waals surface area contributed by atoms with Gasteiger partial charge >= 0.3 is 6.09 Å². The van der Waals surface area contributed by atoms with Gasteiger partial charge in [-0.25, -0.2) is 4.79 Å². The van der Waals surface area contributed by atoms with Crippen LogP contribution in [0.25, 0.3) is 10.8 Å². The molecule has 0 aliphatic carbocycles. The summed E-state index contributed by atoms with van der Waals surface area (Å²) in [6.45, 7) is 6.89. The number of amides is 5. The van der Waals surface area contributed by atoms with Crippen LogP contribution < -0.4 is 16.0 Å². The molecule has 2 aliphatic heterocycles. The number of anilines is 1. The molecule has 3 N–H and O–H groups in total. The third-order valence-electron chi connectivity index (χ3n) is 7.05. The molecule has 2 aromatic rings. The minimum atomic E-state index is -1.000. The molecule has 2 heterocycles. The summed E-state index contributed by atoms with van der Waals surface area (Å²) in [5.74, 6) is -2.06. The molecule has 0 spiro atoms. The molecule has 1 fully saturated rings. The third-order valence-corrected chi connectivity index (χ3v) is 7.05. The van der Waals surface area contributed by atoms with E-state index in [1.54, 1.807) is 18.2 Å². The topological polar surface area (TPSA) is 134 Å². The molecule has 0 aromatic heterocycles. The average Bonchev–Trinajstić information content (AvgIpc) is 2.88. The molecule has 0 bridgehead atoms. The summed E-state index contributed by atoms with van der Waals surface area (Å²) in [5, 5.41) is 9.84. The van der Waals surface area contributed by atoms with Crippen LogP contribution in [0.5, 0.6) is 0 Å². The second kappa shape index (κ2) is 12.5. The lowest BCUT2D eigenvalue weighted by molar-refractivity contribution is -0.136. The van der Waals surface area contributed by atoms with Crippen LogP contribution in [-0.4, -0.2) is 59.4 Å². The molecule has 1 saturated heterocycles. The number of unbranched alkanes of at least 4 members (excludes halogenated alkanes) is 5. The minimum Gasteiger partial charge on any atom is -0.444 e. The van der Waals surface area contributed by atoms with E-state index < -0.39 is 35.3 Å². The van der Waals surface area contributed by atoms with Crippen LogP contribution >= 0.6 is 0 Å². The van der Waals surface area contributed by atoms with Crippen molar-refractivity contribution < 1.29 is 28.7 Å². The van der Waals surface area contributed by atoms with Crippen molar-refractivity contribution in [1.82, 2.24) is 15.5 Å². The lowest BCUT2D eigenvalue weighted by atomic mass is 9.91. The molecule has 5 amide bonds. The summed E-state index contributed by atoms with van der Waals surface area (Å²) in [6, 6.07) is 7.88. The van der Waals surface area contributed by atoms with Crippen LogP contribution in [0.1, 0.15) is 92.9 Å². The van der Waals surface area contributed by atoms with E-state index in [9.17, 15) is 24.0 Å². The van der Waals surface area contributed by atoms with Crippen LogP contribution in [0.15, 0.2) is 30.3 Å². The summed E-state index contributed by atoms with van der Waals surface area (Å²) in [6.07, 6.45) is 5.99. The fourth-order valence-electron chi connectivity index (χ4n) is 5.17. The highest BCUT2D eigenvalue weighted by molar-refractivity contribution is 6.28. The predicted octanol–water partition coefficient (Wildman–Crippen LogP) is 4.52. The summed E-state index contributed by atoms with van der Waals surface area (Å²) >= 11 is 0. The quantitative estimate of drug-likeness (QED) is 0.277. The van der Waals surface area contributed by atoms with Gasteiger partial charge in [-0.3, -0.25) is 29.4 Å². The van der Waals surface area contributed by atoms with Crippen molar-refractivity contribution in [3.05, 3.63) is 41.5 Å². The van der Waals surface area contributed by atoms with Gasteiger partial charge in [0, 0.05) is 47.1 Å². The van der Waals surface area contributed by atoms with Crippen LogP contribution in [0.2, 0.25) is 0 Å². The summed E-state index contributed by atoms with van der Waals surface area (Å²) in [7, 11) is 0. The normalized spacial score (nSPS) is 17.2. The van der Waals surface area contributed by atoms with Gasteiger partial charge in [-0.05, 0) is 58.2 Å². The number of alkyl carbamates (subject to hydrolysis) is 1. The van der Waals surface area contributed by atoms with Gasteiger partial charge in [0.15, 0.2) is 0 Å². The molecule has 0 radical (unpaired) electrons. The first-order valence-corrected chi connectivity index (χ1v) is 14.0. The van der Waals surface area contributed by atoms with Gasteiger partial charge in [-0.2, -0.15) is 0 Å². The zero-order valence-corrected chi connectivity index (χ0v) is 23.4. The fourth-order valence-corrected chi connectivity index (χ4v) is 5.17. The molecule has 10 nitrogen and oxygen atoms in total. The number of ether oxygens (including phenoxy) is 1. The number of nitrogens with zero attached hydrogens (tertiary/aromatic N) is 1. The standard InChI is InChI=1S/C30H38N4O6/c1-30(2,3)40-29(39)32-18-9-7-5-4-6-8-17-31-22-14-13-21-25-19(22)11-10-12-20(25)27(37)34(28(21)38)23-15-16-24(35)33-26(23)36/h10-14,23,31H,4-9,15-18H2,1-3H3,(H,32,39)(H,33,35,36). The lowest BCUT2D eigenvalue weighted by Gasteiger charge is -2.34. The van der Waals surface area contributed by atoms with E-state index in [-0.39, 0.29) is 18.9 Å². The number of carbonyl (C=O) groups is 5. The minimum absolute atomic E-state index is 0.0820. The van der Waals surface area contributed by atoms with Crippen molar-refractivity contribution in [3.8, 4) is 0 Å². The number of nitrogens with one attached hydrogen (secondary N) is 3. The highest BCUT2D eigenvalue weighted by Gasteiger charge is 2.42. The van der Waals surface area contributed by atoms with Gasteiger partial charge in [0.1, 0.15) is 11.6 Å². The van der Waals surface area contributed by atoms with Crippen molar-refractivity contribution in [2.75, 3.05) is 18.4 Å². The molecule has 2 aromatic carbocycles. The largest absolute Gasteiger partial charge is 0.444 e. The molecule has 214 valence electrons. The zero-order valence-electron chi connectivity index (χ0n) is 23.4. The number of carbonyl (C=O) groups excluding carboxylic acids is 5. The Morgan fingerprint density at radius 2 is 1.57 bits per heavy atom. The maximum absolute atomic E-state index is 13.4. The van der Waals surface area contributed by atoms with Crippen molar-refractivity contribution in [3.63, 3.8) is 0 Å². The van der Waals surface area contributed by atoms with Gasteiger partial charge in [-0.1, -0.05) is 37.8 Å². The molecule has 4 rings (SSSR count). The first kappa shape index (κ1) is 29.0. The fraction of sp³-hybridized carbons (Fsp3) is 0.500. The Morgan fingerprint density at radius 3 is 2.25 bits per heavy atom. The Balaban J connectivity index is 1.26. The highest BCUT2D eigenvalue weighted by atomic mass is 16.6. The highest BCUT2D eigenvalue weighted by Crippen LogP contribution is 2.36. The summed E-state index contributed by atoms with van der Waals surface area (Å²) in [4.78, 5) is 63.4. The van der Waals surface area contributed by atoms with Crippen molar-refractivity contribution in [1.29, 1.82) is 0 Å². The Bertz CT molecular complexity index is 1290. The molecule has 2 aliphatic rings. The van der Waals surface area contributed by atoms with E-state index in [0.29, 0.717) is 23.1 Å². The molecule has 1 atom stereocenters. The lowest BCUT2D eigenvalue weighted by Crippen LogP contribution is -2.57. The molecule has 1 unspecified atom stereocenters. The number of benzene rings is 2. The summed E-state index contributed by atoms with van der Waals surface area (Å²) in [5.41, 5.74) is 1.12. The van der Waals surface area contributed by atoms with Gasteiger partial charge in [0.25, 0.3) is 11.8 Å². The monoisotopic (exact) mass is 550 g/mol. The smallest absolute Gasteiger partial charge is 0.407 e. The number of piperidine rings is 1. The first-order chi connectivity index (χ1) is 19.1. The molecule has 10 heteroatoms. The van der Waals surface area contributed by atoms with Crippen LogP contribution in [-0.2, 0) is 14.3 Å². The third kappa shape index (κ3) is 6.78. The van der Waals surface area contributed by atoms with Crippen molar-refractivity contribution in [2.45, 2.75) is 83.8 Å². The Morgan fingerprint density at radius 1 is 0.925 bits per heavy atom. The number of rotatable bonds is 11. The Labute approximate surface area is 234 Å². The number of hydrogen-bond acceptors (Lipinski definition) is 7. The van der Waals surface area contributed by atoms with E-state index in [2.05, 4.69) is 16.0 Å². The SMILES string of the molecule is CC(C)(C)OC(=O)NCCCCCCCCNc1ccc2c3c(cccc13)C(=O)N(C1CCC(=O)NC1=O)C2=O.